The third kappa shape index (κ3) is 4.93. The second-order valence-corrected chi connectivity index (χ2v) is 6.76. The highest BCUT2D eigenvalue weighted by Gasteiger charge is 2.27. The highest BCUT2D eigenvalue weighted by Crippen LogP contribution is 2.24. The molecule has 0 spiro atoms. The second-order valence-electron chi connectivity index (χ2n) is 6.76. The highest BCUT2D eigenvalue weighted by molar-refractivity contribution is 5.76. The molecule has 144 valence electrons. The Bertz CT molecular complexity index is 769. The minimum Gasteiger partial charge on any atom is -0.439 e. The topological polar surface area (TPSA) is 58.6 Å². The number of anilines is 1. The van der Waals surface area contributed by atoms with Crippen LogP contribution < -0.4 is 9.64 Å². The normalized spacial score (nSPS) is 17.1. The molecule has 1 aromatic heterocycles. The first-order chi connectivity index (χ1) is 13.1. The lowest BCUT2D eigenvalue weighted by molar-refractivity contribution is -0.133. The molecule has 2 aromatic rings. The summed E-state index contributed by atoms with van der Waals surface area (Å²) in [5, 5.41) is 0. The van der Waals surface area contributed by atoms with E-state index in [0.29, 0.717) is 31.1 Å². The minimum absolute atomic E-state index is 0.125. The lowest BCUT2D eigenvalue weighted by Crippen LogP contribution is -2.54. The van der Waals surface area contributed by atoms with Crippen molar-refractivity contribution in [1.82, 2.24) is 14.9 Å². The summed E-state index contributed by atoms with van der Waals surface area (Å²) in [5.41, 5.74) is 0. The van der Waals surface area contributed by atoms with Crippen LogP contribution in [0.15, 0.2) is 36.7 Å². The summed E-state index contributed by atoms with van der Waals surface area (Å²) in [7, 11) is 0. The molecule has 1 aliphatic rings. The zero-order chi connectivity index (χ0) is 19.2. The number of amides is 1. The third-order valence-electron chi connectivity index (χ3n) is 4.68. The van der Waals surface area contributed by atoms with Crippen LogP contribution in [0.1, 0.15) is 33.1 Å². The van der Waals surface area contributed by atoms with Gasteiger partial charge in [0.25, 0.3) is 0 Å². The molecule has 1 aliphatic heterocycles. The van der Waals surface area contributed by atoms with E-state index in [1.54, 1.807) is 18.2 Å². The number of ether oxygens (including phenoxy) is 1. The van der Waals surface area contributed by atoms with E-state index in [4.69, 9.17) is 4.74 Å². The second kappa shape index (κ2) is 8.79. The van der Waals surface area contributed by atoms with Gasteiger partial charge in [-0.05, 0) is 37.6 Å². The Morgan fingerprint density at radius 1 is 1.26 bits per heavy atom. The number of hydrogen-bond acceptors (Lipinski definition) is 5. The Kier molecular flexibility index (Phi) is 6.21. The maximum Gasteiger partial charge on any atom is 0.224 e. The van der Waals surface area contributed by atoms with Crippen molar-refractivity contribution in [3.05, 3.63) is 42.5 Å². The lowest BCUT2D eigenvalue weighted by atomic mass is 10.1. The van der Waals surface area contributed by atoms with Gasteiger partial charge in [0, 0.05) is 38.2 Å². The first kappa shape index (κ1) is 19.1. The molecule has 1 fully saturated rings. The van der Waals surface area contributed by atoms with E-state index >= 15 is 0 Å². The van der Waals surface area contributed by atoms with Gasteiger partial charge in [-0.3, -0.25) is 4.79 Å². The molecule has 1 saturated heterocycles. The molecule has 0 N–H and O–H groups in total. The van der Waals surface area contributed by atoms with E-state index in [0.717, 1.165) is 25.2 Å². The average molecular weight is 372 g/mol. The molecule has 0 bridgehead atoms. The maximum absolute atomic E-state index is 13.0. The van der Waals surface area contributed by atoms with Crippen LogP contribution >= 0.6 is 0 Å². The quantitative estimate of drug-likeness (QED) is 0.775. The first-order valence-electron chi connectivity index (χ1n) is 9.36. The maximum atomic E-state index is 13.0. The summed E-state index contributed by atoms with van der Waals surface area (Å²) < 4.78 is 18.7. The van der Waals surface area contributed by atoms with E-state index in [1.165, 1.54) is 18.5 Å². The number of nitrogens with zero attached hydrogens (tertiary/aromatic N) is 4. The van der Waals surface area contributed by atoms with E-state index in [9.17, 15) is 9.18 Å². The van der Waals surface area contributed by atoms with Gasteiger partial charge in [-0.25, -0.2) is 14.4 Å². The molecule has 7 heteroatoms. The number of carbonyl (C=O) groups is 1. The van der Waals surface area contributed by atoms with Crippen molar-refractivity contribution in [3.8, 4) is 11.6 Å². The number of aromatic nitrogens is 2. The SMILES string of the molecule is CCCCC(=O)N1CCN(c2cc(Oc3ccc(F)cc3)ncn2)C[C@@H]1C. The molecule has 3 rings (SSSR count). The van der Waals surface area contributed by atoms with Crippen LogP contribution in [0.5, 0.6) is 11.6 Å². The molecule has 6 nitrogen and oxygen atoms in total. The number of piperazine rings is 1. The Labute approximate surface area is 159 Å². The van der Waals surface area contributed by atoms with E-state index in [2.05, 4.69) is 28.7 Å². The molecule has 2 heterocycles. The molecule has 1 amide bonds. The minimum atomic E-state index is -0.314. The fourth-order valence-corrected chi connectivity index (χ4v) is 3.19. The fourth-order valence-electron chi connectivity index (χ4n) is 3.19. The molecule has 0 saturated carbocycles. The molecule has 0 unspecified atom stereocenters. The summed E-state index contributed by atoms with van der Waals surface area (Å²) in [4.78, 5) is 24.9. The Morgan fingerprint density at radius 3 is 2.74 bits per heavy atom. The van der Waals surface area contributed by atoms with Crippen LogP contribution in [-0.4, -0.2) is 46.5 Å². The van der Waals surface area contributed by atoms with Gasteiger partial charge in [0.1, 0.15) is 23.7 Å². The third-order valence-corrected chi connectivity index (χ3v) is 4.68. The van der Waals surface area contributed by atoms with Crippen molar-refractivity contribution in [3.63, 3.8) is 0 Å². The predicted octanol–water partition coefficient (Wildman–Crippen LogP) is 3.64. The predicted molar refractivity (Wildman–Crippen MR) is 101 cm³/mol. The summed E-state index contributed by atoms with van der Waals surface area (Å²) in [6.45, 7) is 6.27. The lowest BCUT2D eigenvalue weighted by Gasteiger charge is -2.40. The van der Waals surface area contributed by atoms with Gasteiger partial charge in [0.15, 0.2) is 0 Å². The molecular formula is C20H25FN4O2. The van der Waals surface area contributed by atoms with E-state index in [1.807, 2.05) is 4.90 Å². The van der Waals surface area contributed by atoms with Crippen LogP contribution in [0.3, 0.4) is 0 Å². The van der Waals surface area contributed by atoms with Crippen molar-refractivity contribution in [1.29, 1.82) is 0 Å². The number of benzene rings is 1. The van der Waals surface area contributed by atoms with Crippen molar-refractivity contribution in [2.24, 2.45) is 0 Å². The highest BCUT2D eigenvalue weighted by atomic mass is 19.1. The van der Waals surface area contributed by atoms with Crippen molar-refractivity contribution in [2.45, 2.75) is 39.2 Å². The summed E-state index contributed by atoms with van der Waals surface area (Å²) in [6, 6.07) is 7.69. The van der Waals surface area contributed by atoms with Crippen LogP contribution in [0.25, 0.3) is 0 Å². The summed E-state index contributed by atoms with van der Waals surface area (Å²) >= 11 is 0. The van der Waals surface area contributed by atoms with Crippen LogP contribution in [0, 0.1) is 5.82 Å². The van der Waals surface area contributed by atoms with Gasteiger partial charge < -0.3 is 14.5 Å². The number of halogens is 1. The number of unbranched alkanes of at least 4 members (excludes halogenated alkanes) is 1. The van der Waals surface area contributed by atoms with Crippen molar-refractivity contribution < 1.29 is 13.9 Å². The molecule has 0 radical (unpaired) electrons. The molecule has 27 heavy (non-hydrogen) atoms. The van der Waals surface area contributed by atoms with Gasteiger partial charge in [-0.15, -0.1) is 0 Å². The van der Waals surface area contributed by atoms with Gasteiger partial charge in [0.2, 0.25) is 11.8 Å². The number of hydrogen-bond donors (Lipinski definition) is 0. The number of carbonyl (C=O) groups excluding carboxylic acids is 1. The molecule has 1 atom stereocenters. The average Bonchev–Trinajstić information content (AvgIpc) is 2.68. The van der Waals surface area contributed by atoms with E-state index in [-0.39, 0.29) is 17.8 Å². The zero-order valence-electron chi connectivity index (χ0n) is 15.8. The molecule has 0 aliphatic carbocycles. The van der Waals surface area contributed by atoms with Gasteiger partial charge in [-0.2, -0.15) is 0 Å². The van der Waals surface area contributed by atoms with Crippen LogP contribution in [0.4, 0.5) is 10.2 Å². The van der Waals surface area contributed by atoms with Crippen LogP contribution in [-0.2, 0) is 4.79 Å². The molecule has 1 aromatic carbocycles. The standard InChI is InChI=1S/C20H25FN4O2/c1-3-4-5-20(26)25-11-10-24(13-15(25)2)18-12-19(23-14-22-18)27-17-8-6-16(21)7-9-17/h6-9,12,14-15H,3-5,10-11,13H2,1-2H3/t15-/m0/s1. The Morgan fingerprint density at radius 2 is 2.04 bits per heavy atom. The van der Waals surface area contributed by atoms with Gasteiger partial charge in [0.05, 0.1) is 0 Å². The monoisotopic (exact) mass is 372 g/mol. The molecular weight excluding hydrogens is 347 g/mol. The Balaban J connectivity index is 1.64. The number of rotatable bonds is 6. The van der Waals surface area contributed by atoms with Gasteiger partial charge >= 0.3 is 0 Å². The first-order valence-corrected chi connectivity index (χ1v) is 9.36. The summed E-state index contributed by atoms with van der Waals surface area (Å²) in [5.74, 6) is 1.59. The van der Waals surface area contributed by atoms with E-state index < -0.39 is 0 Å². The fraction of sp³-hybridized carbons (Fsp3) is 0.450. The van der Waals surface area contributed by atoms with Crippen molar-refractivity contribution in [2.75, 3.05) is 24.5 Å². The largest absolute Gasteiger partial charge is 0.439 e. The smallest absolute Gasteiger partial charge is 0.224 e. The van der Waals surface area contributed by atoms with Gasteiger partial charge in [-0.1, -0.05) is 13.3 Å². The summed E-state index contributed by atoms with van der Waals surface area (Å²) in [6.07, 6.45) is 4.03. The van der Waals surface area contributed by atoms with Crippen molar-refractivity contribution >= 4 is 11.7 Å². The zero-order valence-corrected chi connectivity index (χ0v) is 15.8. The Hall–Kier alpha value is -2.70. The van der Waals surface area contributed by atoms with Crippen LogP contribution in [0.2, 0.25) is 0 Å².